The van der Waals surface area contributed by atoms with E-state index in [-0.39, 0.29) is 11.5 Å². The number of aromatic nitrogens is 2. The van der Waals surface area contributed by atoms with Gasteiger partial charge in [-0.15, -0.1) is 11.3 Å². The molecule has 0 radical (unpaired) electrons. The molecule has 0 bridgehead atoms. The number of hydrogen-bond donors (Lipinski definition) is 3. The van der Waals surface area contributed by atoms with Crippen molar-refractivity contribution in [2.45, 2.75) is 20.4 Å². The maximum atomic E-state index is 12.9. The number of nitrogens with zero attached hydrogens (tertiary/aromatic N) is 1. The summed E-state index contributed by atoms with van der Waals surface area (Å²) in [7, 11) is 1.60. The smallest absolute Gasteiger partial charge is 0.260 e. The van der Waals surface area contributed by atoms with Crippen LogP contribution in [0.15, 0.2) is 53.3 Å². The molecule has 0 spiro atoms. The van der Waals surface area contributed by atoms with Crippen molar-refractivity contribution in [3.05, 3.63) is 80.7 Å². The molecule has 4 rings (SSSR count). The second-order valence-electron chi connectivity index (χ2n) is 7.11. The number of aryl methyl sites for hydroxylation is 2. The molecular formula is C23H22N4O2S. The molecule has 6 nitrogen and oxygen atoms in total. The predicted molar refractivity (Wildman–Crippen MR) is 122 cm³/mol. The number of benzene rings is 2. The van der Waals surface area contributed by atoms with Crippen molar-refractivity contribution in [1.29, 1.82) is 0 Å². The van der Waals surface area contributed by atoms with Gasteiger partial charge in [0.15, 0.2) is 0 Å². The van der Waals surface area contributed by atoms with Crippen LogP contribution in [0.4, 0.5) is 5.69 Å². The molecule has 0 aliphatic rings. The van der Waals surface area contributed by atoms with Gasteiger partial charge in [0.25, 0.3) is 11.5 Å². The molecule has 0 fully saturated rings. The molecular weight excluding hydrogens is 396 g/mol. The number of hydrogen-bond acceptors (Lipinski definition) is 5. The highest BCUT2D eigenvalue weighted by Crippen LogP contribution is 2.35. The topological polar surface area (TPSA) is 86.9 Å². The van der Waals surface area contributed by atoms with Crippen molar-refractivity contribution in [3.63, 3.8) is 0 Å². The molecule has 0 saturated heterocycles. The van der Waals surface area contributed by atoms with Gasteiger partial charge in [0, 0.05) is 28.7 Å². The summed E-state index contributed by atoms with van der Waals surface area (Å²) in [6, 6.07) is 15.4. The summed E-state index contributed by atoms with van der Waals surface area (Å²) in [5, 5.41) is 6.46. The third-order valence-corrected chi connectivity index (χ3v) is 5.94. The third-order valence-electron chi connectivity index (χ3n) is 4.94. The molecule has 2 aromatic heterocycles. The molecule has 0 aliphatic carbocycles. The minimum Gasteiger partial charge on any atom is -0.378 e. The Morgan fingerprint density at radius 3 is 2.63 bits per heavy atom. The highest BCUT2D eigenvalue weighted by Gasteiger charge is 2.16. The molecule has 0 saturated carbocycles. The lowest BCUT2D eigenvalue weighted by Crippen LogP contribution is -2.18. The van der Waals surface area contributed by atoms with Crippen LogP contribution in [-0.2, 0) is 6.54 Å². The van der Waals surface area contributed by atoms with E-state index in [4.69, 9.17) is 0 Å². The first-order chi connectivity index (χ1) is 14.5. The SMILES string of the molecule is CNC(=O)c1cccc(NCc2nc3sc(C)c(-c4ccc(C)cc4)c3c(=O)[nH]2)c1. The van der Waals surface area contributed by atoms with Gasteiger partial charge in [0.1, 0.15) is 10.7 Å². The van der Waals surface area contributed by atoms with Crippen LogP contribution in [-0.4, -0.2) is 22.9 Å². The molecule has 152 valence electrons. The Kier molecular flexibility index (Phi) is 5.37. The second kappa shape index (κ2) is 8.12. The van der Waals surface area contributed by atoms with Crippen LogP contribution >= 0.6 is 11.3 Å². The van der Waals surface area contributed by atoms with Crippen LogP contribution in [0.3, 0.4) is 0 Å². The summed E-state index contributed by atoms with van der Waals surface area (Å²) in [4.78, 5) is 34.1. The van der Waals surface area contributed by atoms with Crippen molar-refractivity contribution in [3.8, 4) is 11.1 Å². The fraction of sp³-hybridized carbons (Fsp3) is 0.174. The molecule has 4 aromatic rings. The molecule has 0 atom stereocenters. The fourth-order valence-electron chi connectivity index (χ4n) is 3.42. The van der Waals surface area contributed by atoms with Gasteiger partial charge >= 0.3 is 0 Å². The van der Waals surface area contributed by atoms with E-state index in [0.717, 1.165) is 26.5 Å². The van der Waals surface area contributed by atoms with Gasteiger partial charge in [-0.25, -0.2) is 4.98 Å². The third kappa shape index (κ3) is 3.84. The molecule has 2 aromatic carbocycles. The van der Waals surface area contributed by atoms with Crippen LogP contribution in [0.25, 0.3) is 21.3 Å². The molecule has 2 heterocycles. The van der Waals surface area contributed by atoms with E-state index in [1.807, 2.05) is 50.2 Å². The zero-order valence-electron chi connectivity index (χ0n) is 17.0. The number of carbonyl (C=O) groups excluding carboxylic acids is 1. The van der Waals surface area contributed by atoms with E-state index in [2.05, 4.69) is 20.6 Å². The van der Waals surface area contributed by atoms with Gasteiger partial charge in [0.2, 0.25) is 0 Å². The van der Waals surface area contributed by atoms with Gasteiger partial charge < -0.3 is 15.6 Å². The molecule has 3 N–H and O–H groups in total. The number of fused-ring (bicyclic) bond motifs is 1. The quantitative estimate of drug-likeness (QED) is 0.452. The van der Waals surface area contributed by atoms with Crippen LogP contribution in [0.2, 0.25) is 0 Å². The summed E-state index contributed by atoms with van der Waals surface area (Å²) in [6.07, 6.45) is 0. The minimum absolute atomic E-state index is 0.143. The maximum Gasteiger partial charge on any atom is 0.260 e. The first-order valence-electron chi connectivity index (χ1n) is 9.61. The van der Waals surface area contributed by atoms with Gasteiger partial charge in [-0.05, 0) is 37.6 Å². The number of amides is 1. The van der Waals surface area contributed by atoms with Crippen molar-refractivity contribution in [2.24, 2.45) is 0 Å². The van der Waals surface area contributed by atoms with E-state index < -0.39 is 0 Å². The average Bonchev–Trinajstić information content (AvgIpc) is 3.09. The highest BCUT2D eigenvalue weighted by atomic mass is 32.1. The summed E-state index contributed by atoms with van der Waals surface area (Å²) in [5.41, 5.74) is 4.35. The monoisotopic (exact) mass is 418 g/mol. The fourth-order valence-corrected chi connectivity index (χ4v) is 4.48. The van der Waals surface area contributed by atoms with Crippen molar-refractivity contribution in [2.75, 3.05) is 12.4 Å². The van der Waals surface area contributed by atoms with Gasteiger partial charge in [0.05, 0.1) is 11.9 Å². The number of H-pyrrole nitrogens is 1. The van der Waals surface area contributed by atoms with E-state index in [1.165, 1.54) is 16.9 Å². The number of rotatable bonds is 5. The van der Waals surface area contributed by atoms with Crippen molar-refractivity contribution in [1.82, 2.24) is 15.3 Å². The molecule has 0 aliphatic heterocycles. The summed E-state index contributed by atoms with van der Waals surface area (Å²) >= 11 is 1.53. The Hall–Kier alpha value is -3.45. The lowest BCUT2D eigenvalue weighted by Gasteiger charge is -2.08. The summed E-state index contributed by atoms with van der Waals surface area (Å²) in [5.74, 6) is 0.402. The Bertz CT molecular complexity index is 1290. The first kappa shape index (κ1) is 19.8. The lowest BCUT2D eigenvalue weighted by atomic mass is 10.0. The standard InChI is InChI=1S/C23H22N4O2S/c1-13-7-9-15(10-8-13)19-14(2)30-23-20(19)22(29)26-18(27-23)12-25-17-6-4-5-16(11-17)21(28)24-3/h4-11,25H,12H2,1-3H3,(H,24,28)(H,26,27,29). The number of nitrogens with one attached hydrogen (secondary N) is 3. The summed E-state index contributed by atoms with van der Waals surface area (Å²) < 4.78 is 0. The lowest BCUT2D eigenvalue weighted by molar-refractivity contribution is 0.0963. The van der Waals surface area contributed by atoms with Gasteiger partial charge in [-0.1, -0.05) is 35.9 Å². The number of thiophene rings is 1. The van der Waals surface area contributed by atoms with E-state index in [9.17, 15) is 9.59 Å². The van der Waals surface area contributed by atoms with E-state index >= 15 is 0 Å². The second-order valence-corrected chi connectivity index (χ2v) is 8.31. The van der Waals surface area contributed by atoms with Crippen molar-refractivity contribution >= 4 is 33.1 Å². The predicted octanol–water partition coefficient (Wildman–Crippen LogP) is 4.24. The van der Waals surface area contributed by atoms with Crippen molar-refractivity contribution < 1.29 is 4.79 Å². The highest BCUT2D eigenvalue weighted by molar-refractivity contribution is 7.19. The zero-order valence-corrected chi connectivity index (χ0v) is 17.8. The Labute approximate surface area is 178 Å². The molecule has 1 amide bonds. The first-order valence-corrected chi connectivity index (χ1v) is 10.4. The molecule has 7 heteroatoms. The van der Waals surface area contributed by atoms with E-state index in [0.29, 0.717) is 23.3 Å². The van der Waals surface area contributed by atoms with Gasteiger partial charge in [-0.3, -0.25) is 9.59 Å². The van der Waals surface area contributed by atoms with Crippen LogP contribution < -0.4 is 16.2 Å². The zero-order chi connectivity index (χ0) is 21.3. The minimum atomic E-state index is -0.149. The van der Waals surface area contributed by atoms with Crippen LogP contribution in [0.1, 0.15) is 26.6 Å². The normalized spacial score (nSPS) is 10.9. The number of aromatic amines is 1. The summed E-state index contributed by atoms with van der Waals surface area (Å²) in [6.45, 7) is 4.41. The molecule has 30 heavy (non-hydrogen) atoms. The maximum absolute atomic E-state index is 12.9. The Balaban J connectivity index is 1.64. The number of anilines is 1. The largest absolute Gasteiger partial charge is 0.378 e. The van der Waals surface area contributed by atoms with Gasteiger partial charge in [-0.2, -0.15) is 0 Å². The van der Waals surface area contributed by atoms with E-state index in [1.54, 1.807) is 19.2 Å². The Morgan fingerprint density at radius 2 is 1.90 bits per heavy atom. The number of carbonyl (C=O) groups is 1. The Morgan fingerprint density at radius 1 is 1.13 bits per heavy atom. The van der Waals surface area contributed by atoms with Crippen LogP contribution in [0.5, 0.6) is 0 Å². The average molecular weight is 419 g/mol. The molecule has 0 unspecified atom stereocenters. The van der Waals surface area contributed by atoms with Crippen LogP contribution in [0, 0.1) is 13.8 Å².